The van der Waals surface area contributed by atoms with Crippen molar-refractivity contribution in [1.29, 1.82) is 0 Å². The van der Waals surface area contributed by atoms with Gasteiger partial charge in [0.15, 0.2) is 0 Å². The number of ether oxygens (including phenoxy) is 2. The molecule has 0 bridgehead atoms. The molecule has 6 heteroatoms. The quantitative estimate of drug-likeness (QED) is 0.693. The third-order valence-electron chi connectivity index (χ3n) is 2.48. The molecule has 1 rings (SSSR count). The SMILES string of the molecule is CC1CN(C)CC(COC(=O)CCC(=O)O)O1. The molecule has 1 fully saturated rings. The first-order valence-corrected chi connectivity index (χ1v) is 5.68. The van der Waals surface area contributed by atoms with Crippen LogP contribution in [0, 0.1) is 0 Å². The first-order chi connectivity index (χ1) is 7.97. The predicted octanol–water partition coefficient (Wildman–Crippen LogP) is 0.114. The van der Waals surface area contributed by atoms with Crippen molar-refractivity contribution in [3.8, 4) is 0 Å². The minimum atomic E-state index is -0.996. The Hall–Kier alpha value is -1.14. The van der Waals surface area contributed by atoms with Crippen molar-refractivity contribution in [2.75, 3.05) is 26.7 Å². The summed E-state index contributed by atoms with van der Waals surface area (Å²) in [7, 11) is 1.98. The molecule has 1 aliphatic rings. The summed E-state index contributed by atoms with van der Waals surface area (Å²) >= 11 is 0. The van der Waals surface area contributed by atoms with Gasteiger partial charge in [-0.2, -0.15) is 0 Å². The summed E-state index contributed by atoms with van der Waals surface area (Å²) in [5.41, 5.74) is 0. The molecule has 2 atom stereocenters. The van der Waals surface area contributed by atoms with Crippen molar-refractivity contribution in [1.82, 2.24) is 4.90 Å². The Morgan fingerprint density at radius 2 is 2.12 bits per heavy atom. The van der Waals surface area contributed by atoms with Gasteiger partial charge in [0, 0.05) is 13.1 Å². The fraction of sp³-hybridized carbons (Fsp3) is 0.818. The summed E-state index contributed by atoms with van der Waals surface area (Å²) in [4.78, 5) is 23.6. The number of carbonyl (C=O) groups is 2. The average Bonchev–Trinajstić information content (AvgIpc) is 2.22. The highest BCUT2D eigenvalue weighted by Gasteiger charge is 2.23. The van der Waals surface area contributed by atoms with Gasteiger partial charge in [0.25, 0.3) is 0 Å². The van der Waals surface area contributed by atoms with Crippen molar-refractivity contribution in [3.63, 3.8) is 0 Å². The summed E-state index contributed by atoms with van der Waals surface area (Å²) < 4.78 is 10.6. The van der Waals surface area contributed by atoms with E-state index in [2.05, 4.69) is 4.90 Å². The van der Waals surface area contributed by atoms with Gasteiger partial charge in [-0.25, -0.2) is 0 Å². The number of morpholine rings is 1. The third-order valence-corrected chi connectivity index (χ3v) is 2.48. The lowest BCUT2D eigenvalue weighted by Crippen LogP contribution is -2.46. The van der Waals surface area contributed by atoms with Gasteiger partial charge in [-0.05, 0) is 14.0 Å². The highest BCUT2D eigenvalue weighted by Crippen LogP contribution is 2.10. The van der Waals surface area contributed by atoms with E-state index in [9.17, 15) is 9.59 Å². The van der Waals surface area contributed by atoms with Gasteiger partial charge >= 0.3 is 11.9 Å². The van der Waals surface area contributed by atoms with Crippen LogP contribution in [0.25, 0.3) is 0 Å². The van der Waals surface area contributed by atoms with Crippen LogP contribution < -0.4 is 0 Å². The van der Waals surface area contributed by atoms with E-state index in [1.165, 1.54) is 0 Å². The number of hydrogen-bond acceptors (Lipinski definition) is 5. The molecule has 17 heavy (non-hydrogen) atoms. The lowest BCUT2D eigenvalue weighted by atomic mass is 10.2. The molecular weight excluding hydrogens is 226 g/mol. The Morgan fingerprint density at radius 3 is 2.71 bits per heavy atom. The van der Waals surface area contributed by atoms with Crippen LogP contribution in [0.5, 0.6) is 0 Å². The molecule has 1 heterocycles. The zero-order chi connectivity index (χ0) is 12.8. The average molecular weight is 245 g/mol. The number of rotatable bonds is 5. The highest BCUT2D eigenvalue weighted by molar-refractivity contribution is 5.76. The van der Waals surface area contributed by atoms with E-state index in [-0.39, 0.29) is 31.7 Å². The summed E-state index contributed by atoms with van der Waals surface area (Å²) in [6.45, 7) is 3.74. The van der Waals surface area contributed by atoms with E-state index in [1.54, 1.807) is 0 Å². The number of aliphatic carboxylic acids is 1. The molecule has 0 saturated carbocycles. The Balaban J connectivity index is 2.21. The summed E-state index contributed by atoms with van der Waals surface area (Å²) in [6.07, 6.45) is -0.289. The molecule has 0 spiro atoms. The van der Waals surface area contributed by atoms with Crippen molar-refractivity contribution in [3.05, 3.63) is 0 Å². The molecule has 1 N–H and O–H groups in total. The van der Waals surface area contributed by atoms with Crippen LogP contribution in [0.2, 0.25) is 0 Å². The summed E-state index contributed by atoms with van der Waals surface area (Å²) in [5, 5.41) is 8.41. The number of carbonyl (C=O) groups excluding carboxylic acids is 1. The van der Waals surface area contributed by atoms with Crippen LogP contribution in [-0.4, -0.2) is 60.9 Å². The number of likely N-dealkylation sites (N-methyl/N-ethyl adjacent to an activating group) is 1. The number of nitrogens with zero attached hydrogens (tertiary/aromatic N) is 1. The fourth-order valence-corrected chi connectivity index (χ4v) is 1.83. The fourth-order valence-electron chi connectivity index (χ4n) is 1.83. The third kappa shape index (κ3) is 5.65. The zero-order valence-corrected chi connectivity index (χ0v) is 10.2. The van der Waals surface area contributed by atoms with E-state index >= 15 is 0 Å². The Kier molecular flexibility index (Phi) is 5.37. The highest BCUT2D eigenvalue weighted by atomic mass is 16.6. The van der Waals surface area contributed by atoms with E-state index in [1.807, 2.05) is 14.0 Å². The lowest BCUT2D eigenvalue weighted by Gasteiger charge is -2.34. The number of esters is 1. The molecule has 1 saturated heterocycles. The van der Waals surface area contributed by atoms with Gasteiger partial charge in [-0.15, -0.1) is 0 Å². The van der Waals surface area contributed by atoms with Crippen molar-refractivity contribution in [2.24, 2.45) is 0 Å². The summed E-state index contributed by atoms with van der Waals surface area (Å²) in [5.74, 6) is -1.49. The normalized spacial score (nSPS) is 25.5. The van der Waals surface area contributed by atoms with E-state index in [0.29, 0.717) is 0 Å². The lowest BCUT2D eigenvalue weighted by molar-refractivity contribution is -0.155. The van der Waals surface area contributed by atoms with Crippen LogP contribution in [0.1, 0.15) is 19.8 Å². The minimum Gasteiger partial charge on any atom is -0.481 e. The van der Waals surface area contributed by atoms with Gasteiger partial charge in [-0.3, -0.25) is 9.59 Å². The molecular formula is C11H19NO5. The monoisotopic (exact) mass is 245 g/mol. The van der Waals surface area contributed by atoms with Gasteiger partial charge in [0.05, 0.1) is 18.9 Å². The van der Waals surface area contributed by atoms with Crippen molar-refractivity contribution >= 4 is 11.9 Å². The predicted molar refractivity (Wildman–Crippen MR) is 59.7 cm³/mol. The molecule has 1 aliphatic heterocycles. The number of carboxylic acid groups (broad SMARTS) is 1. The smallest absolute Gasteiger partial charge is 0.306 e. The van der Waals surface area contributed by atoms with E-state index < -0.39 is 11.9 Å². The van der Waals surface area contributed by atoms with Crippen molar-refractivity contribution < 1.29 is 24.2 Å². The second-order valence-corrected chi connectivity index (χ2v) is 4.37. The van der Waals surface area contributed by atoms with Crippen LogP contribution in [0.4, 0.5) is 0 Å². The molecule has 6 nitrogen and oxygen atoms in total. The maximum Gasteiger partial charge on any atom is 0.306 e. The molecule has 0 amide bonds. The second-order valence-electron chi connectivity index (χ2n) is 4.37. The first-order valence-electron chi connectivity index (χ1n) is 5.68. The minimum absolute atomic E-state index is 0.0898. The summed E-state index contributed by atoms with van der Waals surface area (Å²) in [6, 6.07) is 0. The number of carboxylic acids is 1. The standard InChI is InChI=1S/C11H19NO5/c1-8-5-12(2)6-9(17-8)7-16-11(15)4-3-10(13)14/h8-9H,3-7H2,1-2H3,(H,13,14). The Morgan fingerprint density at radius 1 is 1.41 bits per heavy atom. The number of hydrogen-bond donors (Lipinski definition) is 1. The van der Waals surface area contributed by atoms with Crippen LogP contribution in [-0.2, 0) is 19.1 Å². The molecule has 0 radical (unpaired) electrons. The molecule has 98 valence electrons. The Labute approximate surface area is 100 Å². The topological polar surface area (TPSA) is 76.1 Å². The maximum absolute atomic E-state index is 11.2. The molecule has 0 aromatic carbocycles. The van der Waals surface area contributed by atoms with Gasteiger partial charge < -0.3 is 19.5 Å². The van der Waals surface area contributed by atoms with E-state index in [4.69, 9.17) is 14.6 Å². The molecule has 0 aliphatic carbocycles. The zero-order valence-electron chi connectivity index (χ0n) is 10.2. The van der Waals surface area contributed by atoms with Gasteiger partial charge in [0.2, 0.25) is 0 Å². The van der Waals surface area contributed by atoms with E-state index in [0.717, 1.165) is 13.1 Å². The van der Waals surface area contributed by atoms with Crippen LogP contribution >= 0.6 is 0 Å². The van der Waals surface area contributed by atoms with Gasteiger partial charge in [0.1, 0.15) is 12.7 Å². The second kappa shape index (κ2) is 6.56. The molecule has 0 aromatic heterocycles. The Bertz CT molecular complexity index is 271. The van der Waals surface area contributed by atoms with Gasteiger partial charge in [-0.1, -0.05) is 0 Å². The van der Waals surface area contributed by atoms with Crippen molar-refractivity contribution in [2.45, 2.75) is 32.0 Å². The molecule has 2 unspecified atom stereocenters. The van der Waals surface area contributed by atoms with Crippen LogP contribution in [0.15, 0.2) is 0 Å². The maximum atomic E-state index is 11.2. The molecule has 0 aromatic rings. The largest absolute Gasteiger partial charge is 0.481 e. The first kappa shape index (κ1) is 13.9. The van der Waals surface area contributed by atoms with Crippen LogP contribution in [0.3, 0.4) is 0 Å².